The average molecular weight is 244 g/mol. The summed E-state index contributed by atoms with van der Waals surface area (Å²) >= 11 is 0. The van der Waals surface area contributed by atoms with Crippen LogP contribution in [0, 0.1) is 0 Å². The molecule has 1 aliphatic rings. The van der Waals surface area contributed by atoms with Crippen molar-refractivity contribution in [3.8, 4) is 11.4 Å². The summed E-state index contributed by atoms with van der Waals surface area (Å²) in [4.78, 5) is 9.14. The highest BCUT2D eigenvalue weighted by atomic mass is 16.3. The number of hydrogen-bond donors (Lipinski definition) is 2. The fourth-order valence-electron chi connectivity index (χ4n) is 2.41. The number of rotatable bonds is 2. The van der Waals surface area contributed by atoms with Crippen LogP contribution >= 0.6 is 0 Å². The van der Waals surface area contributed by atoms with Crippen molar-refractivity contribution in [3.05, 3.63) is 29.9 Å². The number of fused-ring (bicyclic) bond motifs is 1. The molecule has 0 aliphatic heterocycles. The van der Waals surface area contributed by atoms with E-state index in [4.69, 9.17) is 10.3 Å². The van der Waals surface area contributed by atoms with Gasteiger partial charge in [-0.15, -0.1) is 0 Å². The Hall–Kier alpha value is -1.88. The maximum Gasteiger partial charge on any atom is 0.165 e. The molecular formula is C13H16N4O. The molecule has 5 nitrogen and oxygen atoms in total. The van der Waals surface area contributed by atoms with Crippen molar-refractivity contribution in [1.29, 1.82) is 0 Å². The Morgan fingerprint density at radius 3 is 2.83 bits per heavy atom. The zero-order valence-electron chi connectivity index (χ0n) is 10.1. The minimum atomic E-state index is 0.678. The summed E-state index contributed by atoms with van der Waals surface area (Å²) < 4.78 is 5.08. The topological polar surface area (TPSA) is 77.0 Å². The van der Waals surface area contributed by atoms with E-state index in [0.717, 1.165) is 29.9 Å². The van der Waals surface area contributed by atoms with Crippen molar-refractivity contribution < 1.29 is 4.42 Å². The standard InChI is InChI=1S/C13H16N4O/c14-17-13-10-4-2-1-3-5-11(10)15-12(16-13)9-6-7-18-8-9/h6-8H,1-5,14H2,(H,15,16,17). The molecule has 2 aromatic heterocycles. The first-order valence-electron chi connectivity index (χ1n) is 6.27. The van der Waals surface area contributed by atoms with Crippen molar-refractivity contribution >= 4 is 5.82 Å². The minimum Gasteiger partial charge on any atom is -0.472 e. The summed E-state index contributed by atoms with van der Waals surface area (Å²) in [5.74, 6) is 7.01. The van der Waals surface area contributed by atoms with Crippen molar-refractivity contribution in [2.45, 2.75) is 32.1 Å². The lowest BCUT2D eigenvalue weighted by atomic mass is 10.1. The molecule has 0 amide bonds. The first-order valence-corrected chi connectivity index (χ1v) is 6.27. The third-order valence-corrected chi connectivity index (χ3v) is 3.35. The SMILES string of the molecule is NNc1nc(-c2ccoc2)nc2c1CCCCC2. The van der Waals surface area contributed by atoms with Gasteiger partial charge in [-0.3, -0.25) is 0 Å². The van der Waals surface area contributed by atoms with Gasteiger partial charge in [-0.25, -0.2) is 15.8 Å². The van der Waals surface area contributed by atoms with E-state index in [9.17, 15) is 0 Å². The van der Waals surface area contributed by atoms with Gasteiger partial charge in [-0.1, -0.05) is 6.42 Å². The molecule has 3 N–H and O–H groups in total. The second kappa shape index (κ2) is 4.78. The van der Waals surface area contributed by atoms with E-state index in [-0.39, 0.29) is 0 Å². The molecule has 18 heavy (non-hydrogen) atoms. The van der Waals surface area contributed by atoms with Gasteiger partial charge in [0.05, 0.1) is 11.8 Å². The zero-order valence-corrected chi connectivity index (χ0v) is 10.1. The summed E-state index contributed by atoms with van der Waals surface area (Å²) in [5, 5.41) is 0. The zero-order chi connectivity index (χ0) is 12.4. The van der Waals surface area contributed by atoms with Crippen LogP contribution in [0.15, 0.2) is 23.0 Å². The Morgan fingerprint density at radius 2 is 2.06 bits per heavy atom. The van der Waals surface area contributed by atoms with Crippen LogP contribution in [0.3, 0.4) is 0 Å². The fourth-order valence-corrected chi connectivity index (χ4v) is 2.41. The summed E-state index contributed by atoms with van der Waals surface area (Å²) in [6, 6.07) is 1.86. The van der Waals surface area contributed by atoms with Gasteiger partial charge < -0.3 is 9.84 Å². The summed E-state index contributed by atoms with van der Waals surface area (Å²) in [7, 11) is 0. The monoisotopic (exact) mass is 244 g/mol. The van der Waals surface area contributed by atoms with Crippen LogP contribution in [0.5, 0.6) is 0 Å². The van der Waals surface area contributed by atoms with Gasteiger partial charge in [0.2, 0.25) is 0 Å². The molecule has 0 radical (unpaired) electrons. The molecule has 0 aromatic carbocycles. The molecule has 3 rings (SSSR count). The van der Waals surface area contributed by atoms with Gasteiger partial charge in [-0.05, 0) is 31.7 Å². The van der Waals surface area contributed by atoms with Crippen molar-refractivity contribution in [3.63, 3.8) is 0 Å². The molecule has 94 valence electrons. The molecule has 0 fully saturated rings. The number of nitrogens with one attached hydrogen (secondary N) is 1. The number of furan rings is 1. The normalized spacial score (nSPS) is 14.9. The number of nitrogen functional groups attached to an aromatic ring is 1. The molecular weight excluding hydrogens is 228 g/mol. The van der Waals surface area contributed by atoms with Gasteiger partial charge in [0.15, 0.2) is 5.82 Å². The quantitative estimate of drug-likeness (QED) is 0.481. The molecule has 2 heterocycles. The van der Waals surface area contributed by atoms with Crippen LogP contribution in [0.4, 0.5) is 5.82 Å². The second-order valence-corrected chi connectivity index (χ2v) is 4.54. The third-order valence-electron chi connectivity index (χ3n) is 3.35. The second-order valence-electron chi connectivity index (χ2n) is 4.54. The lowest BCUT2D eigenvalue weighted by Crippen LogP contribution is -2.14. The van der Waals surface area contributed by atoms with Gasteiger partial charge in [0.25, 0.3) is 0 Å². The Kier molecular flexibility index (Phi) is 2.98. The van der Waals surface area contributed by atoms with Crippen LogP contribution in [0.25, 0.3) is 11.4 Å². The molecule has 2 aromatic rings. The maximum absolute atomic E-state index is 5.58. The first kappa shape index (κ1) is 11.2. The highest BCUT2D eigenvalue weighted by Crippen LogP contribution is 2.27. The van der Waals surface area contributed by atoms with E-state index < -0.39 is 0 Å². The van der Waals surface area contributed by atoms with Gasteiger partial charge in [0, 0.05) is 11.3 Å². The number of nitrogens with two attached hydrogens (primary N) is 1. The summed E-state index contributed by atoms with van der Waals surface area (Å²) in [6.07, 6.45) is 8.87. The van der Waals surface area contributed by atoms with E-state index in [1.807, 2.05) is 6.07 Å². The molecule has 5 heteroatoms. The summed E-state index contributed by atoms with van der Waals surface area (Å²) in [5.41, 5.74) is 5.88. The number of nitrogens with zero attached hydrogens (tertiary/aromatic N) is 2. The Morgan fingerprint density at radius 1 is 1.17 bits per heavy atom. The van der Waals surface area contributed by atoms with Crippen LogP contribution < -0.4 is 11.3 Å². The Balaban J connectivity index is 2.10. The molecule has 0 saturated carbocycles. The van der Waals surface area contributed by atoms with Crippen molar-refractivity contribution in [2.75, 3.05) is 5.43 Å². The lowest BCUT2D eigenvalue weighted by molar-refractivity contribution is 0.568. The first-order chi connectivity index (χ1) is 8.88. The van der Waals surface area contributed by atoms with E-state index in [1.165, 1.54) is 24.8 Å². The maximum atomic E-state index is 5.58. The molecule has 0 saturated heterocycles. The van der Waals surface area contributed by atoms with Crippen LogP contribution in [0.2, 0.25) is 0 Å². The van der Waals surface area contributed by atoms with E-state index in [1.54, 1.807) is 12.5 Å². The number of hydrazine groups is 1. The molecule has 1 aliphatic carbocycles. The Labute approximate surface area is 105 Å². The van der Waals surface area contributed by atoms with E-state index in [0.29, 0.717) is 5.82 Å². The lowest BCUT2D eigenvalue weighted by Gasteiger charge is -2.11. The van der Waals surface area contributed by atoms with Crippen LogP contribution in [0.1, 0.15) is 30.5 Å². The van der Waals surface area contributed by atoms with Crippen LogP contribution in [-0.2, 0) is 12.8 Å². The van der Waals surface area contributed by atoms with Crippen molar-refractivity contribution in [2.24, 2.45) is 5.84 Å². The number of hydrogen-bond acceptors (Lipinski definition) is 5. The van der Waals surface area contributed by atoms with Crippen LogP contribution in [-0.4, -0.2) is 9.97 Å². The van der Waals surface area contributed by atoms with Gasteiger partial charge in [0.1, 0.15) is 12.1 Å². The number of aromatic nitrogens is 2. The van der Waals surface area contributed by atoms with E-state index in [2.05, 4.69) is 15.4 Å². The predicted octanol–water partition coefficient (Wildman–Crippen LogP) is 2.29. The number of aryl methyl sites for hydroxylation is 1. The van der Waals surface area contributed by atoms with Crippen molar-refractivity contribution in [1.82, 2.24) is 9.97 Å². The minimum absolute atomic E-state index is 0.678. The molecule has 0 spiro atoms. The number of anilines is 1. The average Bonchev–Trinajstić information content (AvgIpc) is 2.83. The molecule has 0 bridgehead atoms. The smallest absolute Gasteiger partial charge is 0.165 e. The summed E-state index contributed by atoms with van der Waals surface area (Å²) in [6.45, 7) is 0. The highest BCUT2D eigenvalue weighted by Gasteiger charge is 2.17. The molecule has 0 unspecified atom stereocenters. The predicted molar refractivity (Wildman–Crippen MR) is 68.8 cm³/mol. The Bertz CT molecular complexity index is 536. The largest absolute Gasteiger partial charge is 0.472 e. The highest BCUT2D eigenvalue weighted by molar-refractivity contribution is 5.58. The van der Waals surface area contributed by atoms with E-state index >= 15 is 0 Å². The molecule has 0 atom stereocenters. The van der Waals surface area contributed by atoms with Gasteiger partial charge >= 0.3 is 0 Å². The van der Waals surface area contributed by atoms with Gasteiger partial charge in [-0.2, -0.15) is 0 Å². The fraction of sp³-hybridized carbons (Fsp3) is 0.385. The third kappa shape index (κ3) is 1.97.